The highest BCUT2D eigenvalue weighted by molar-refractivity contribution is 7.99. The summed E-state index contributed by atoms with van der Waals surface area (Å²) in [6.45, 7) is 0. The van der Waals surface area contributed by atoms with Crippen LogP contribution in [-0.4, -0.2) is 21.1 Å². The summed E-state index contributed by atoms with van der Waals surface area (Å²) in [7, 11) is 0. The lowest BCUT2D eigenvalue weighted by Gasteiger charge is -2.06. The summed E-state index contributed by atoms with van der Waals surface area (Å²) in [5, 5.41) is 8.24. The fourth-order valence-electron chi connectivity index (χ4n) is 2.60. The van der Waals surface area contributed by atoms with E-state index in [1.165, 1.54) is 11.8 Å². The molecule has 4 aromatic rings. The highest BCUT2D eigenvalue weighted by atomic mass is 32.2. The van der Waals surface area contributed by atoms with Gasteiger partial charge in [-0.1, -0.05) is 30.0 Å². The van der Waals surface area contributed by atoms with Gasteiger partial charge in [0.25, 0.3) is 0 Å². The molecule has 2 aromatic heterocycles. The zero-order valence-electron chi connectivity index (χ0n) is 14.1. The van der Waals surface area contributed by atoms with Crippen LogP contribution in [0, 0.1) is 11.8 Å². The summed E-state index contributed by atoms with van der Waals surface area (Å²) in [4.78, 5) is 17.6. The summed E-state index contributed by atoms with van der Waals surface area (Å²) in [5.74, 6) is 5.63. The average Bonchev–Trinajstić information content (AvgIpc) is 3.10. The molecule has 130 valence electrons. The molecule has 1 amide bonds. The number of primary amides is 1. The standard InChI is InChI=1S/C21H14N4OS/c22-21(26)17-6-1-2-7-20(17)27-15-9-10-16-18(24-25-19(16)13-15)11-8-14-5-3-4-12-23-14/h1-7,9-10,12-13H,(H2,22,26)(H,24,25). The molecule has 0 fully saturated rings. The average molecular weight is 370 g/mol. The Kier molecular flexibility index (Phi) is 4.60. The molecule has 0 aliphatic heterocycles. The van der Waals surface area contributed by atoms with Gasteiger partial charge in [-0.15, -0.1) is 0 Å². The number of hydrogen-bond donors (Lipinski definition) is 2. The molecule has 0 saturated heterocycles. The first-order valence-corrected chi connectivity index (χ1v) is 9.00. The second-order valence-corrected chi connectivity index (χ2v) is 6.82. The number of nitrogens with one attached hydrogen (secondary N) is 1. The van der Waals surface area contributed by atoms with Crippen LogP contribution in [0.3, 0.4) is 0 Å². The molecule has 0 saturated carbocycles. The van der Waals surface area contributed by atoms with Crippen LogP contribution in [-0.2, 0) is 0 Å². The lowest BCUT2D eigenvalue weighted by molar-refractivity contribution is 0.0997. The fourth-order valence-corrected chi connectivity index (χ4v) is 3.60. The number of pyridine rings is 1. The SMILES string of the molecule is NC(=O)c1ccccc1Sc1ccc2c(C#Cc3ccccn3)n[nH]c2c1. The van der Waals surface area contributed by atoms with Crippen molar-refractivity contribution in [1.82, 2.24) is 15.2 Å². The molecule has 4 rings (SSSR count). The van der Waals surface area contributed by atoms with Crippen molar-refractivity contribution in [3.8, 4) is 11.8 Å². The summed E-state index contributed by atoms with van der Waals surface area (Å²) in [5.41, 5.74) is 8.21. The second-order valence-electron chi connectivity index (χ2n) is 5.71. The van der Waals surface area contributed by atoms with E-state index in [0.717, 1.165) is 20.7 Å². The van der Waals surface area contributed by atoms with Crippen LogP contribution >= 0.6 is 11.8 Å². The molecule has 2 aromatic carbocycles. The van der Waals surface area contributed by atoms with E-state index in [4.69, 9.17) is 5.73 Å². The van der Waals surface area contributed by atoms with E-state index in [0.29, 0.717) is 17.0 Å². The lowest BCUT2D eigenvalue weighted by atomic mass is 10.2. The van der Waals surface area contributed by atoms with Crippen molar-refractivity contribution < 1.29 is 4.79 Å². The van der Waals surface area contributed by atoms with E-state index in [1.54, 1.807) is 18.3 Å². The van der Waals surface area contributed by atoms with Crippen molar-refractivity contribution in [3.05, 3.63) is 83.8 Å². The van der Waals surface area contributed by atoms with Gasteiger partial charge in [0.15, 0.2) is 0 Å². The topological polar surface area (TPSA) is 84.7 Å². The van der Waals surface area contributed by atoms with Gasteiger partial charge in [0.1, 0.15) is 11.4 Å². The lowest BCUT2D eigenvalue weighted by Crippen LogP contribution is -2.11. The molecule has 0 aliphatic carbocycles. The maximum Gasteiger partial charge on any atom is 0.249 e. The van der Waals surface area contributed by atoms with Crippen molar-refractivity contribution in [2.75, 3.05) is 0 Å². The number of hydrogen-bond acceptors (Lipinski definition) is 4. The van der Waals surface area contributed by atoms with Gasteiger partial charge in [-0.25, -0.2) is 4.98 Å². The van der Waals surface area contributed by atoms with Crippen LogP contribution in [0.15, 0.2) is 76.7 Å². The second kappa shape index (κ2) is 7.36. The monoisotopic (exact) mass is 370 g/mol. The van der Waals surface area contributed by atoms with Gasteiger partial charge in [0.05, 0.1) is 11.1 Å². The Morgan fingerprint density at radius 1 is 1.04 bits per heavy atom. The van der Waals surface area contributed by atoms with Gasteiger partial charge >= 0.3 is 0 Å². The molecule has 0 unspecified atom stereocenters. The van der Waals surface area contributed by atoms with Crippen molar-refractivity contribution in [3.63, 3.8) is 0 Å². The van der Waals surface area contributed by atoms with Crippen LogP contribution in [0.1, 0.15) is 21.7 Å². The number of H-pyrrole nitrogens is 1. The van der Waals surface area contributed by atoms with E-state index in [1.807, 2.05) is 48.5 Å². The first-order valence-electron chi connectivity index (χ1n) is 8.18. The molecular weight excluding hydrogens is 356 g/mol. The van der Waals surface area contributed by atoms with Crippen molar-refractivity contribution in [2.24, 2.45) is 5.73 Å². The van der Waals surface area contributed by atoms with Gasteiger partial charge < -0.3 is 5.73 Å². The Labute approximate surface area is 160 Å². The number of carbonyl (C=O) groups excluding carboxylic acids is 1. The molecule has 2 heterocycles. The largest absolute Gasteiger partial charge is 0.366 e. The van der Waals surface area contributed by atoms with E-state index in [2.05, 4.69) is 27.0 Å². The van der Waals surface area contributed by atoms with Gasteiger partial charge in [-0.3, -0.25) is 9.89 Å². The predicted molar refractivity (Wildman–Crippen MR) is 105 cm³/mol. The highest BCUT2D eigenvalue weighted by Crippen LogP contribution is 2.32. The number of aromatic amines is 1. The number of carbonyl (C=O) groups is 1. The van der Waals surface area contributed by atoms with Crippen LogP contribution in [0.25, 0.3) is 10.9 Å². The Morgan fingerprint density at radius 3 is 2.70 bits per heavy atom. The number of benzene rings is 2. The molecule has 0 spiro atoms. The highest BCUT2D eigenvalue weighted by Gasteiger charge is 2.10. The first kappa shape index (κ1) is 16.9. The number of aromatic nitrogens is 3. The van der Waals surface area contributed by atoms with Crippen molar-refractivity contribution in [2.45, 2.75) is 9.79 Å². The Bertz CT molecular complexity index is 1190. The molecule has 0 atom stereocenters. The van der Waals surface area contributed by atoms with Crippen LogP contribution in [0.4, 0.5) is 0 Å². The van der Waals surface area contributed by atoms with Crippen molar-refractivity contribution in [1.29, 1.82) is 0 Å². The van der Waals surface area contributed by atoms with Crippen LogP contribution < -0.4 is 5.73 Å². The Morgan fingerprint density at radius 2 is 1.89 bits per heavy atom. The van der Waals surface area contributed by atoms with Crippen LogP contribution in [0.5, 0.6) is 0 Å². The summed E-state index contributed by atoms with van der Waals surface area (Å²) in [6, 6.07) is 18.8. The minimum absolute atomic E-state index is 0.437. The number of nitrogens with two attached hydrogens (primary N) is 1. The minimum atomic E-state index is -0.437. The molecule has 0 bridgehead atoms. The fraction of sp³-hybridized carbons (Fsp3) is 0. The molecular formula is C21H14N4OS. The summed E-state index contributed by atoms with van der Waals surface area (Å²) < 4.78 is 0. The van der Waals surface area contributed by atoms with E-state index in [9.17, 15) is 4.79 Å². The number of fused-ring (bicyclic) bond motifs is 1. The summed E-state index contributed by atoms with van der Waals surface area (Å²) in [6.07, 6.45) is 1.71. The number of nitrogens with zero attached hydrogens (tertiary/aromatic N) is 2. The third kappa shape index (κ3) is 3.68. The maximum atomic E-state index is 11.6. The first-order chi connectivity index (χ1) is 13.2. The normalized spacial score (nSPS) is 10.4. The van der Waals surface area contributed by atoms with Gasteiger partial charge in [-0.2, -0.15) is 5.10 Å². The quantitative estimate of drug-likeness (QED) is 0.540. The Hall–Kier alpha value is -3.56. The van der Waals surface area contributed by atoms with Crippen molar-refractivity contribution >= 4 is 28.6 Å². The molecule has 27 heavy (non-hydrogen) atoms. The zero-order chi connectivity index (χ0) is 18.6. The number of rotatable bonds is 3. The van der Waals surface area contributed by atoms with Gasteiger partial charge in [0, 0.05) is 21.4 Å². The zero-order valence-corrected chi connectivity index (χ0v) is 15.0. The molecule has 0 aliphatic rings. The van der Waals surface area contributed by atoms with E-state index < -0.39 is 5.91 Å². The molecule has 3 N–H and O–H groups in total. The van der Waals surface area contributed by atoms with E-state index >= 15 is 0 Å². The number of amides is 1. The Balaban J connectivity index is 1.64. The van der Waals surface area contributed by atoms with Gasteiger partial charge in [-0.05, 0) is 54.3 Å². The van der Waals surface area contributed by atoms with Gasteiger partial charge in [0.2, 0.25) is 5.91 Å². The smallest absolute Gasteiger partial charge is 0.249 e. The third-order valence-electron chi connectivity index (χ3n) is 3.89. The predicted octanol–water partition coefficient (Wildman–Crippen LogP) is 3.61. The molecule has 5 nitrogen and oxygen atoms in total. The van der Waals surface area contributed by atoms with E-state index in [-0.39, 0.29) is 0 Å². The van der Waals surface area contributed by atoms with Crippen LogP contribution in [0.2, 0.25) is 0 Å². The third-order valence-corrected chi connectivity index (χ3v) is 4.95. The molecule has 0 radical (unpaired) electrons. The molecule has 6 heteroatoms. The summed E-state index contributed by atoms with van der Waals surface area (Å²) >= 11 is 1.48. The minimum Gasteiger partial charge on any atom is -0.366 e. The maximum absolute atomic E-state index is 11.6.